The van der Waals surface area contributed by atoms with Crippen LogP contribution in [-0.2, 0) is 17.9 Å². The van der Waals surface area contributed by atoms with Gasteiger partial charge in [0.2, 0.25) is 6.79 Å². The van der Waals surface area contributed by atoms with Gasteiger partial charge in [0.25, 0.3) is 5.56 Å². The quantitative estimate of drug-likeness (QED) is 0.366. The number of aliphatic hydroxyl groups excluding tert-OH is 1. The van der Waals surface area contributed by atoms with Crippen LogP contribution in [0.2, 0.25) is 0 Å². The summed E-state index contributed by atoms with van der Waals surface area (Å²) in [6, 6.07) is 6.82. The summed E-state index contributed by atoms with van der Waals surface area (Å²) in [5, 5.41) is 10.9. The molecule has 9 nitrogen and oxygen atoms in total. The maximum atomic E-state index is 13.9. The van der Waals surface area contributed by atoms with Crippen molar-refractivity contribution in [2.75, 3.05) is 46.2 Å². The van der Waals surface area contributed by atoms with Crippen molar-refractivity contribution in [2.45, 2.75) is 19.6 Å². The lowest BCUT2D eigenvalue weighted by molar-refractivity contribution is 0.0369. The topological polar surface area (TPSA) is 99.5 Å². The first-order valence-electron chi connectivity index (χ1n) is 12.5. The largest absolute Gasteiger partial charge is 0.489 e. The number of aliphatic hydroxyl groups is 1. The number of hydrogen-bond acceptors (Lipinski definition) is 8. The van der Waals surface area contributed by atoms with Gasteiger partial charge in [-0.15, -0.1) is 0 Å². The first kappa shape index (κ1) is 23.7. The van der Waals surface area contributed by atoms with Gasteiger partial charge in [-0.25, -0.2) is 0 Å². The molecule has 6 rings (SSSR count). The van der Waals surface area contributed by atoms with Gasteiger partial charge < -0.3 is 28.6 Å². The van der Waals surface area contributed by atoms with Crippen LogP contribution < -0.4 is 19.8 Å². The Morgan fingerprint density at radius 3 is 2.49 bits per heavy atom. The summed E-state index contributed by atoms with van der Waals surface area (Å²) in [4.78, 5) is 30.1. The molecule has 1 saturated heterocycles. The molecule has 1 aliphatic carbocycles. The number of ketones is 1. The molecule has 3 heterocycles. The fourth-order valence-electron chi connectivity index (χ4n) is 5.39. The molecule has 1 fully saturated rings. The first-order valence-corrected chi connectivity index (χ1v) is 12.5. The molecule has 1 N–H and O–H groups in total. The van der Waals surface area contributed by atoms with Gasteiger partial charge in [-0.2, -0.15) is 0 Å². The molecule has 2 aromatic carbocycles. The van der Waals surface area contributed by atoms with Gasteiger partial charge in [0.1, 0.15) is 12.4 Å². The Balaban J connectivity index is 1.52. The van der Waals surface area contributed by atoms with Crippen molar-refractivity contribution in [3.05, 3.63) is 64.0 Å². The van der Waals surface area contributed by atoms with Gasteiger partial charge >= 0.3 is 0 Å². The van der Waals surface area contributed by atoms with Crippen LogP contribution in [-0.4, -0.2) is 66.6 Å². The number of pyridine rings is 1. The number of nitrogens with zero attached hydrogens (tertiary/aromatic N) is 2. The second-order valence-electron chi connectivity index (χ2n) is 9.33. The summed E-state index contributed by atoms with van der Waals surface area (Å²) in [5.74, 6) is 1.31. The highest BCUT2D eigenvalue weighted by molar-refractivity contribution is 6.27. The number of carbonyl (C=O) groups is 1. The van der Waals surface area contributed by atoms with Crippen molar-refractivity contribution >= 4 is 16.6 Å². The Labute approximate surface area is 213 Å². The van der Waals surface area contributed by atoms with Crippen molar-refractivity contribution in [1.29, 1.82) is 0 Å². The lowest BCUT2D eigenvalue weighted by Crippen LogP contribution is -2.37. The molecule has 1 aromatic heterocycles. The van der Waals surface area contributed by atoms with Crippen LogP contribution in [0.15, 0.2) is 41.7 Å². The molecule has 0 atom stereocenters. The average molecular weight is 505 g/mol. The monoisotopic (exact) mass is 504 g/mol. The molecule has 0 unspecified atom stereocenters. The lowest BCUT2D eigenvalue weighted by atomic mass is 10.00. The van der Waals surface area contributed by atoms with E-state index in [9.17, 15) is 14.7 Å². The molecule has 0 bridgehead atoms. The Morgan fingerprint density at radius 1 is 1.00 bits per heavy atom. The normalized spacial score (nSPS) is 16.2. The lowest BCUT2D eigenvalue weighted by Gasteiger charge is -2.26. The Bertz CT molecular complexity index is 1470. The van der Waals surface area contributed by atoms with E-state index in [1.54, 1.807) is 34.9 Å². The Kier molecular flexibility index (Phi) is 6.19. The molecule has 0 spiro atoms. The van der Waals surface area contributed by atoms with Crippen LogP contribution in [0.3, 0.4) is 0 Å². The summed E-state index contributed by atoms with van der Waals surface area (Å²) >= 11 is 0. The number of carbonyl (C=O) groups excluding carboxylic acids is 1. The average Bonchev–Trinajstić information content (AvgIpc) is 3.50. The van der Waals surface area contributed by atoms with Gasteiger partial charge in [0.05, 0.1) is 31.1 Å². The summed E-state index contributed by atoms with van der Waals surface area (Å²) in [7, 11) is 0. The predicted molar refractivity (Wildman–Crippen MR) is 137 cm³/mol. The van der Waals surface area contributed by atoms with Gasteiger partial charge in [-0.3, -0.25) is 14.5 Å². The molecule has 192 valence electrons. The fourth-order valence-corrected chi connectivity index (χ4v) is 5.39. The second kappa shape index (κ2) is 9.66. The van der Waals surface area contributed by atoms with E-state index in [2.05, 4.69) is 11.5 Å². The molecule has 9 heteroatoms. The van der Waals surface area contributed by atoms with E-state index in [1.807, 2.05) is 0 Å². The van der Waals surface area contributed by atoms with Gasteiger partial charge in [-0.1, -0.05) is 12.7 Å². The van der Waals surface area contributed by atoms with Gasteiger partial charge in [0, 0.05) is 53.6 Å². The highest BCUT2D eigenvalue weighted by atomic mass is 16.7. The molecule has 0 amide bonds. The minimum absolute atomic E-state index is 0.0945. The smallest absolute Gasteiger partial charge is 0.258 e. The summed E-state index contributed by atoms with van der Waals surface area (Å²) in [6.45, 7) is 8.11. The van der Waals surface area contributed by atoms with Crippen LogP contribution >= 0.6 is 0 Å². The van der Waals surface area contributed by atoms with Crippen molar-refractivity contribution in [1.82, 2.24) is 9.47 Å². The highest BCUT2D eigenvalue weighted by Crippen LogP contribution is 2.46. The number of ether oxygens (including phenoxy) is 4. The third-order valence-electron chi connectivity index (χ3n) is 7.18. The number of morpholine rings is 1. The van der Waals surface area contributed by atoms with E-state index < -0.39 is 0 Å². The number of rotatable bonds is 8. The van der Waals surface area contributed by atoms with Crippen molar-refractivity contribution < 1.29 is 28.8 Å². The number of benzene rings is 2. The zero-order valence-corrected chi connectivity index (χ0v) is 20.5. The molecule has 2 aliphatic heterocycles. The third kappa shape index (κ3) is 3.99. The van der Waals surface area contributed by atoms with E-state index in [0.29, 0.717) is 75.7 Å². The number of fused-ring (bicyclic) bond motifs is 6. The maximum absolute atomic E-state index is 13.9. The SMILES string of the molecule is C=CCOc1cc2c3c(n(CCCN4CCOCC4)c(=O)c2cc1CO)-c1cc2c(cc1C3=O)OCO2. The minimum Gasteiger partial charge on any atom is -0.489 e. The highest BCUT2D eigenvalue weighted by Gasteiger charge is 2.35. The predicted octanol–water partition coefficient (Wildman–Crippen LogP) is 2.72. The summed E-state index contributed by atoms with van der Waals surface area (Å²) < 4.78 is 24.0. The van der Waals surface area contributed by atoms with Crippen LogP contribution in [0.1, 0.15) is 27.9 Å². The number of hydrogen-bond donors (Lipinski definition) is 1. The molecular formula is C28H28N2O7. The minimum atomic E-state index is -0.300. The molecular weight excluding hydrogens is 476 g/mol. The van der Waals surface area contributed by atoms with E-state index in [-0.39, 0.29) is 31.3 Å². The van der Waals surface area contributed by atoms with Crippen LogP contribution in [0.4, 0.5) is 0 Å². The third-order valence-corrected chi connectivity index (χ3v) is 7.18. The summed E-state index contributed by atoms with van der Waals surface area (Å²) in [6.07, 6.45) is 2.34. The van der Waals surface area contributed by atoms with Crippen LogP contribution in [0, 0.1) is 0 Å². The molecule has 3 aromatic rings. The Morgan fingerprint density at radius 2 is 1.76 bits per heavy atom. The number of aromatic nitrogens is 1. The van der Waals surface area contributed by atoms with E-state index in [4.69, 9.17) is 18.9 Å². The molecule has 0 radical (unpaired) electrons. The second-order valence-corrected chi connectivity index (χ2v) is 9.33. The Hall–Kier alpha value is -3.66. The summed E-state index contributed by atoms with van der Waals surface area (Å²) in [5.41, 5.74) is 2.45. The van der Waals surface area contributed by atoms with Crippen LogP contribution in [0.25, 0.3) is 22.0 Å². The van der Waals surface area contributed by atoms with Crippen molar-refractivity contribution in [3.8, 4) is 28.5 Å². The zero-order chi connectivity index (χ0) is 25.5. The van der Waals surface area contributed by atoms with Crippen LogP contribution in [0.5, 0.6) is 17.2 Å². The van der Waals surface area contributed by atoms with E-state index in [1.165, 1.54) is 0 Å². The standard InChI is InChI=1S/C28H28N2O7/c1-2-8-35-22-12-18-21(11-17(22)15-31)28(33)30(5-3-4-29-6-9-34-10-7-29)26-19-13-23-24(37-16-36-23)14-20(19)27(32)25(18)26/h2,11-14,31H,1,3-10,15-16H2. The van der Waals surface area contributed by atoms with Crippen molar-refractivity contribution in [2.24, 2.45) is 0 Å². The first-order chi connectivity index (χ1) is 18.1. The van der Waals surface area contributed by atoms with E-state index in [0.717, 1.165) is 26.1 Å². The fraction of sp³-hybridized carbons (Fsp3) is 0.357. The molecule has 0 saturated carbocycles. The van der Waals surface area contributed by atoms with Gasteiger partial charge in [0.15, 0.2) is 17.3 Å². The van der Waals surface area contributed by atoms with Crippen molar-refractivity contribution in [3.63, 3.8) is 0 Å². The maximum Gasteiger partial charge on any atom is 0.258 e. The zero-order valence-electron chi connectivity index (χ0n) is 20.5. The van der Waals surface area contributed by atoms with E-state index >= 15 is 0 Å². The molecule has 3 aliphatic rings. The van der Waals surface area contributed by atoms with Gasteiger partial charge in [-0.05, 0) is 30.7 Å². The molecule has 37 heavy (non-hydrogen) atoms.